The van der Waals surface area contributed by atoms with E-state index >= 15 is 0 Å². The fraction of sp³-hybridized carbons (Fsp3) is 0.900. The first-order valence-electron chi connectivity index (χ1n) is 6.10. The van der Waals surface area contributed by atoms with Crippen molar-refractivity contribution in [3.63, 3.8) is 0 Å². The molecule has 0 aromatic carbocycles. The van der Waals surface area contributed by atoms with E-state index in [0.29, 0.717) is 0 Å². The number of aliphatic hydroxyl groups excluding tert-OH is 1. The third-order valence-corrected chi connectivity index (χ3v) is 2.91. The van der Waals surface area contributed by atoms with Crippen molar-refractivity contribution in [3.8, 4) is 0 Å². The molecule has 1 N–H and O–H groups in total. The Labute approximate surface area is 143 Å². The molecule has 0 unspecified atom stereocenters. The summed E-state index contributed by atoms with van der Waals surface area (Å²) in [5.41, 5.74) is 0. The smallest absolute Gasteiger partial charge is 0.459 e. The fourth-order valence-electron chi connectivity index (χ4n) is 1.32. The highest BCUT2D eigenvalue weighted by Gasteiger charge is 2.94. The topological polar surface area (TPSA) is 46.5 Å². The fourth-order valence-corrected chi connectivity index (χ4v) is 1.32. The quantitative estimate of drug-likeness (QED) is 0.444. The number of rotatable bonds is 8. The maximum atomic E-state index is 13.2. The molecular formula is C10H5F15O3. The molecule has 168 valence electrons. The number of ether oxygens (including phenoxy) is 1. The van der Waals surface area contributed by atoms with Crippen molar-refractivity contribution in [1.29, 1.82) is 0 Å². The van der Waals surface area contributed by atoms with Gasteiger partial charge in [-0.3, -0.25) is 0 Å². The van der Waals surface area contributed by atoms with Gasteiger partial charge < -0.3 is 9.84 Å². The average Bonchev–Trinajstić information content (AvgIpc) is 2.50. The van der Waals surface area contributed by atoms with E-state index in [4.69, 9.17) is 5.11 Å². The van der Waals surface area contributed by atoms with Crippen molar-refractivity contribution < 1.29 is 80.5 Å². The second-order valence-electron chi connectivity index (χ2n) is 4.80. The summed E-state index contributed by atoms with van der Waals surface area (Å²) in [4.78, 5) is 10.6. The molecule has 0 fully saturated rings. The van der Waals surface area contributed by atoms with E-state index in [1.807, 2.05) is 0 Å². The van der Waals surface area contributed by atoms with E-state index in [9.17, 15) is 70.7 Å². The highest BCUT2D eigenvalue weighted by Crippen LogP contribution is 2.62. The Morgan fingerprint density at radius 3 is 1.25 bits per heavy atom. The standard InChI is InChI=1S/C10H5F15O3/c11-4(12,3(27)28-2-1-26)5(13,14)6(15,16)7(17,18)8(19,20)9(21,22)10(23,24)25/h26H,1-2H2. The molecule has 28 heavy (non-hydrogen) atoms. The van der Waals surface area contributed by atoms with Gasteiger partial charge in [0.2, 0.25) is 0 Å². The van der Waals surface area contributed by atoms with Crippen LogP contribution >= 0.6 is 0 Å². The Morgan fingerprint density at radius 1 is 0.607 bits per heavy atom. The van der Waals surface area contributed by atoms with Crippen molar-refractivity contribution in [2.45, 2.75) is 41.7 Å². The van der Waals surface area contributed by atoms with Crippen LogP contribution in [0.3, 0.4) is 0 Å². The third kappa shape index (κ3) is 3.42. The zero-order chi connectivity index (χ0) is 23.2. The molecule has 0 aliphatic heterocycles. The van der Waals surface area contributed by atoms with Crippen LogP contribution in [0.4, 0.5) is 65.9 Å². The first kappa shape index (κ1) is 26.4. The number of alkyl halides is 15. The monoisotopic (exact) mass is 458 g/mol. The van der Waals surface area contributed by atoms with Crippen LogP contribution in [0, 0.1) is 0 Å². The highest BCUT2D eigenvalue weighted by molar-refractivity contribution is 5.79. The molecular weight excluding hydrogens is 453 g/mol. The summed E-state index contributed by atoms with van der Waals surface area (Å²) in [6.45, 7) is -3.02. The minimum atomic E-state index is -8.47. The van der Waals surface area contributed by atoms with Gasteiger partial charge in [0.1, 0.15) is 6.61 Å². The van der Waals surface area contributed by atoms with Gasteiger partial charge >= 0.3 is 47.7 Å². The summed E-state index contributed by atoms with van der Waals surface area (Å²) in [5, 5.41) is 8.08. The van der Waals surface area contributed by atoms with Gasteiger partial charge in [-0.25, -0.2) is 4.79 Å². The lowest BCUT2D eigenvalue weighted by molar-refractivity contribution is -0.450. The van der Waals surface area contributed by atoms with E-state index in [1.165, 1.54) is 0 Å². The van der Waals surface area contributed by atoms with E-state index in [1.54, 1.807) is 0 Å². The van der Waals surface area contributed by atoms with Gasteiger partial charge in [0.15, 0.2) is 0 Å². The second kappa shape index (κ2) is 7.01. The maximum Gasteiger partial charge on any atom is 0.460 e. The number of halogens is 15. The molecule has 0 aromatic rings. The highest BCUT2D eigenvalue weighted by atomic mass is 19.4. The van der Waals surface area contributed by atoms with Crippen LogP contribution in [-0.4, -0.2) is 66.0 Å². The van der Waals surface area contributed by atoms with E-state index in [0.717, 1.165) is 0 Å². The third-order valence-electron chi connectivity index (χ3n) is 2.91. The normalized spacial score (nSPS) is 15.6. The Bertz CT molecular complexity index is 579. The van der Waals surface area contributed by atoms with Crippen LogP contribution < -0.4 is 0 Å². The average molecular weight is 458 g/mol. The van der Waals surface area contributed by atoms with Gasteiger partial charge in [0.05, 0.1) is 6.61 Å². The van der Waals surface area contributed by atoms with E-state index < -0.39 is 60.9 Å². The zero-order valence-electron chi connectivity index (χ0n) is 12.3. The number of carbonyl (C=O) groups excluding carboxylic acids is 1. The molecule has 0 aromatic heterocycles. The van der Waals surface area contributed by atoms with Gasteiger partial charge in [-0.15, -0.1) is 0 Å². The SMILES string of the molecule is O=C(OCCO)C(F)(F)C(F)(F)C(F)(F)C(F)(F)C(F)(F)C(F)(F)C(F)(F)F. The lowest BCUT2D eigenvalue weighted by atomic mass is 9.91. The molecule has 0 bridgehead atoms. The van der Waals surface area contributed by atoms with Crippen LogP contribution in [-0.2, 0) is 9.53 Å². The van der Waals surface area contributed by atoms with Crippen LogP contribution in [0.15, 0.2) is 0 Å². The summed E-state index contributed by atoms with van der Waals surface area (Å²) >= 11 is 0. The Morgan fingerprint density at radius 2 is 0.929 bits per heavy atom. The number of hydrogen-bond donors (Lipinski definition) is 1. The molecule has 18 heteroatoms. The van der Waals surface area contributed by atoms with Crippen LogP contribution in [0.5, 0.6) is 0 Å². The molecule has 0 spiro atoms. The molecule has 0 saturated carbocycles. The molecule has 0 aliphatic rings. The van der Waals surface area contributed by atoms with Crippen molar-refractivity contribution in [3.05, 3.63) is 0 Å². The molecule has 3 nitrogen and oxygen atoms in total. The molecule has 0 heterocycles. The molecule has 0 atom stereocenters. The minimum Gasteiger partial charge on any atom is -0.459 e. The molecule has 0 saturated heterocycles. The van der Waals surface area contributed by atoms with Crippen molar-refractivity contribution in [2.24, 2.45) is 0 Å². The van der Waals surface area contributed by atoms with Crippen LogP contribution in [0.1, 0.15) is 0 Å². The largest absolute Gasteiger partial charge is 0.460 e. The summed E-state index contributed by atoms with van der Waals surface area (Å²) in [6.07, 6.45) is -7.70. The van der Waals surface area contributed by atoms with Gasteiger partial charge in [0, 0.05) is 0 Å². The molecule has 0 aliphatic carbocycles. The van der Waals surface area contributed by atoms with Crippen molar-refractivity contribution in [1.82, 2.24) is 0 Å². The van der Waals surface area contributed by atoms with Gasteiger partial charge in [0.25, 0.3) is 0 Å². The van der Waals surface area contributed by atoms with E-state index in [2.05, 4.69) is 4.74 Å². The Balaban J connectivity index is 6.43. The number of aliphatic hydroxyl groups is 1. The van der Waals surface area contributed by atoms with Crippen molar-refractivity contribution in [2.75, 3.05) is 13.2 Å². The lowest BCUT2D eigenvalue weighted by Gasteiger charge is -2.40. The van der Waals surface area contributed by atoms with Crippen molar-refractivity contribution >= 4 is 5.97 Å². The first-order valence-corrected chi connectivity index (χ1v) is 6.10. The summed E-state index contributed by atoms with van der Waals surface area (Å²) in [7, 11) is 0. The van der Waals surface area contributed by atoms with Gasteiger partial charge in [-0.2, -0.15) is 65.9 Å². The van der Waals surface area contributed by atoms with Gasteiger partial charge in [-0.1, -0.05) is 0 Å². The Hall–Kier alpha value is -1.62. The summed E-state index contributed by atoms with van der Waals surface area (Å²) < 4.78 is 194. The maximum absolute atomic E-state index is 13.2. The van der Waals surface area contributed by atoms with Crippen LogP contribution in [0.25, 0.3) is 0 Å². The lowest BCUT2D eigenvalue weighted by Crippen LogP contribution is -2.73. The predicted octanol–water partition coefficient (Wildman–Crippen LogP) is 3.90. The minimum absolute atomic E-state index is 1.41. The van der Waals surface area contributed by atoms with Crippen LogP contribution in [0.2, 0.25) is 0 Å². The molecule has 0 rings (SSSR count). The first-order chi connectivity index (χ1) is 12.0. The summed E-state index contributed by atoms with van der Waals surface area (Å²) in [5.74, 6) is -52.2. The predicted molar refractivity (Wildman–Crippen MR) is 53.8 cm³/mol. The van der Waals surface area contributed by atoms with E-state index in [-0.39, 0.29) is 0 Å². The molecule has 0 radical (unpaired) electrons. The number of carbonyl (C=O) groups is 1. The second-order valence-corrected chi connectivity index (χ2v) is 4.80. The Kier molecular flexibility index (Phi) is 6.61. The number of esters is 1. The zero-order valence-corrected chi connectivity index (χ0v) is 12.3. The number of hydrogen-bond acceptors (Lipinski definition) is 3. The van der Waals surface area contributed by atoms with Gasteiger partial charge in [-0.05, 0) is 0 Å². The molecule has 0 amide bonds. The summed E-state index contributed by atoms with van der Waals surface area (Å²) in [6, 6.07) is 0.